The molecule has 1 fully saturated rings. The molecule has 1 amide bonds. The molecule has 2 aromatic carbocycles. The van der Waals surface area contributed by atoms with E-state index in [1.807, 2.05) is 34.9 Å². The minimum atomic E-state index is -0.975. The van der Waals surface area contributed by atoms with Gasteiger partial charge in [-0.15, -0.1) is 0 Å². The van der Waals surface area contributed by atoms with Crippen molar-refractivity contribution in [1.82, 2.24) is 9.47 Å². The summed E-state index contributed by atoms with van der Waals surface area (Å²) in [5.41, 5.74) is 4.09. The predicted octanol–water partition coefficient (Wildman–Crippen LogP) is 5.15. The third-order valence-electron chi connectivity index (χ3n) is 6.52. The van der Waals surface area contributed by atoms with Crippen molar-refractivity contribution < 1.29 is 19.4 Å². The van der Waals surface area contributed by atoms with Crippen LogP contribution >= 0.6 is 0 Å². The van der Waals surface area contributed by atoms with Crippen LogP contribution < -0.4 is 4.74 Å². The Morgan fingerprint density at radius 2 is 1.81 bits per heavy atom. The van der Waals surface area contributed by atoms with Crippen LogP contribution in [0.15, 0.2) is 42.5 Å². The lowest BCUT2D eigenvalue weighted by Crippen LogP contribution is -2.26. The topological polar surface area (TPSA) is 71.8 Å². The summed E-state index contributed by atoms with van der Waals surface area (Å²) in [5, 5.41) is 10.6. The van der Waals surface area contributed by atoms with Crippen LogP contribution in [0.1, 0.15) is 53.9 Å². The molecule has 1 aliphatic carbocycles. The number of benzene rings is 2. The van der Waals surface area contributed by atoms with Crippen molar-refractivity contribution in [2.45, 2.75) is 44.6 Å². The molecular formula is C26H30N2O4. The van der Waals surface area contributed by atoms with Gasteiger partial charge >= 0.3 is 5.97 Å². The third-order valence-corrected chi connectivity index (χ3v) is 6.52. The van der Waals surface area contributed by atoms with E-state index in [0.717, 1.165) is 40.8 Å². The number of aromatic carboxylic acids is 1. The van der Waals surface area contributed by atoms with Crippen molar-refractivity contribution in [1.29, 1.82) is 0 Å². The fraction of sp³-hybridized carbons (Fsp3) is 0.385. The van der Waals surface area contributed by atoms with Gasteiger partial charge in [-0.1, -0.05) is 37.5 Å². The van der Waals surface area contributed by atoms with Crippen LogP contribution in [-0.4, -0.2) is 47.7 Å². The Labute approximate surface area is 188 Å². The third kappa shape index (κ3) is 3.97. The second-order valence-electron chi connectivity index (χ2n) is 8.71. The first-order valence-electron chi connectivity index (χ1n) is 11.1. The van der Waals surface area contributed by atoms with Crippen LogP contribution in [0.5, 0.6) is 5.75 Å². The molecule has 0 saturated heterocycles. The lowest BCUT2D eigenvalue weighted by molar-refractivity contribution is -0.129. The molecule has 6 heteroatoms. The van der Waals surface area contributed by atoms with E-state index < -0.39 is 5.97 Å². The van der Waals surface area contributed by atoms with E-state index in [0.29, 0.717) is 5.92 Å². The van der Waals surface area contributed by atoms with Gasteiger partial charge in [0.05, 0.1) is 23.9 Å². The zero-order chi connectivity index (χ0) is 22.8. The summed E-state index contributed by atoms with van der Waals surface area (Å²) in [5.74, 6) is 0.0764. The van der Waals surface area contributed by atoms with E-state index in [9.17, 15) is 14.7 Å². The van der Waals surface area contributed by atoms with Crippen molar-refractivity contribution in [3.05, 3.63) is 53.6 Å². The highest BCUT2D eigenvalue weighted by atomic mass is 16.5. The zero-order valence-electron chi connectivity index (χ0n) is 18.9. The molecule has 0 radical (unpaired) electrons. The second-order valence-corrected chi connectivity index (χ2v) is 8.71. The molecule has 168 valence electrons. The minimum Gasteiger partial charge on any atom is -0.496 e. The SMILES string of the molecule is COc1ccccc1-c1c(C2CCCCC2)c2ccc(C(=O)O)cc2n1CC(=O)N(C)C. The maximum Gasteiger partial charge on any atom is 0.335 e. The lowest BCUT2D eigenvalue weighted by Gasteiger charge is -2.24. The monoisotopic (exact) mass is 434 g/mol. The van der Waals surface area contributed by atoms with Crippen molar-refractivity contribution in [2.75, 3.05) is 21.2 Å². The van der Waals surface area contributed by atoms with Gasteiger partial charge in [-0.2, -0.15) is 0 Å². The largest absolute Gasteiger partial charge is 0.496 e. The molecule has 32 heavy (non-hydrogen) atoms. The molecular weight excluding hydrogens is 404 g/mol. The highest BCUT2D eigenvalue weighted by Gasteiger charge is 2.29. The number of methoxy groups -OCH3 is 1. The fourth-order valence-electron chi connectivity index (χ4n) is 4.89. The van der Waals surface area contributed by atoms with Gasteiger partial charge in [-0.05, 0) is 48.6 Å². The average Bonchev–Trinajstić information content (AvgIpc) is 3.12. The van der Waals surface area contributed by atoms with E-state index >= 15 is 0 Å². The van der Waals surface area contributed by atoms with Crippen LogP contribution in [0.4, 0.5) is 0 Å². The number of carbonyl (C=O) groups is 2. The smallest absolute Gasteiger partial charge is 0.335 e. The number of carboxylic acids is 1. The molecule has 0 aliphatic heterocycles. The molecule has 1 aromatic heterocycles. The summed E-state index contributed by atoms with van der Waals surface area (Å²) in [4.78, 5) is 26.2. The standard InChI is InChI=1S/C26H30N2O4/c1-27(2)23(29)16-28-21-15-18(26(30)31)13-14-19(21)24(17-9-5-4-6-10-17)25(28)20-11-7-8-12-22(20)32-3/h7-8,11-15,17H,4-6,9-10,16H2,1-3H3,(H,30,31). The van der Waals surface area contributed by atoms with Crippen LogP contribution in [-0.2, 0) is 11.3 Å². The molecule has 4 rings (SSSR count). The van der Waals surface area contributed by atoms with E-state index in [2.05, 4.69) is 0 Å². The van der Waals surface area contributed by atoms with Crippen LogP contribution in [0.25, 0.3) is 22.2 Å². The Hall–Kier alpha value is -3.28. The molecule has 0 bridgehead atoms. The molecule has 1 aliphatic rings. The normalized spacial score (nSPS) is 14.5. The Balaban J connectivity index is 2.08. The number of fused-ring (bicyclic) bond motifs is 1. The average molecular weight is 435 g/mol. The number of carboxylic acid groups (broad SMARTS) is 1. The first-order chi connectivity index (χ1) is 15.4. The highest BCUT2D eigenvalue weighted by molar-refractivity contribution is 5.99. The molecule has 0 atom stereocenters. The van der Waals surface area contributed by atoms with E-state index in [4.69, 9.17) is 4.74 Å². The molecule has 1 N–H and O–H groups in total. The maximum absolute atomic E-state index is 12.9. The number of rotatable bonds is 6. The van der Waals surface area contributed by atoms with Gasteiger partial charge in [0.2, 0.25) is 5.91 Å². The quantitative estimate of drug-likeness (QED) is 0.582. The maximum atomic E-state index is 12.9. The zero-order valence-corrected chi connectivity index (χ0v) is 18.9. The lowest BCUT2D eigenvalue weighted by atomic mass is 9.81. The number of carbonyl (C=O) groups excluding carboxylic acids is 1. The molecule has 3 aromatic rings. The number of nitrogens with zero attached hydrogens (tertiary/aromatic N) is 2. The molecule has 6 nitrogen and oxygen atoms in total. The molecule has 0 spiro atoms. The molecule has 1 heterocycles. The summed E-state index contributed by atoms with van der Waals surface area (Å²) in [6.45, 7) is 0.132. The van der Waals surface area contributed by atoms with Gasteiger partial charge in [0.25, 0.3) is 0 Å². The molecule has 0 unspecified atom stereocenters. The Morgan fingerprint density at radius 1 is 1.09 bits per heavy atom. The summed E-state index contributed by atoms with van der Waals surface area (Å²) in [6, 6.07) is 13.1. The van der Waals surface area contributed by atoms with Crippen LogP contribution in [0, 0.1) is 0 Å². The number of hydrogen-bond donors (Lipinski definition) is 1. The van der Waals surface area contributed by atoms with Crippen LogP contribution in [0.2, 0.25) is 0 Å². The summed E-state index contributed by atoms with van der Waals surface area (Å²) >= 11 is 0. The van der Waals surface area contributed by atoms with Gasteiger partial charge in [-0.25, -0.2) is 4.79 Å². The van der Waals surface area contributed by atoms with E-state index in [1.54, 1.807) is 38.2 Å². The van der Waals surface area contributed by atoms with Gasteiger partial charge in [0, 0.05) is 25.0 Å². The Kier molecular flexibility index (Phi) is 6.21. The van der Waals surface area contributed by atoms with E-state index in [-0.39, 0.29) is 18.0 Å². The van der Waals surface area contributed by atoms with Crippen molar-refractivity contribution >= 4 is 22.8 Å². The van der Waals surface area contributed by atoms with Crippen LogP contribution in [0.3, 0.4) is 0 Å². The van der Waals surface area contributed by atoms with E-state index in [1.165, 1.54) is 24.8 Å². The minimum absolute atomic E-state index is 0.0472. The number of hydrogen-bond acceptors (Lipinski definition) is 3. The number of likely N-dealkylation sites (N-methyl/N-ethyl adjacent to an activating group) is 1. The summed E-state index contributed by atoms with van der Waals surface area (Å²) < 4.78 is 7.70. The summed E-state index contributed by atoms with van der Waals surface area (Å²) in [6.07, 6.45) is 5.76. The van der Waals surface area contributed by atoms with Crippen molar-refractivity contribution in [3.8, 4) is 17.0 Å². The van der Waals surface area contributed by atoms with Crippen molar-refractivity contribution in [3.63, 3.8) is 0 Å². The number of ether oxygens (including phenoxy) is 1. The number of amides is 1. The first-order valence-corrected chi connectivity index (χ1v) is 11.1. The molecule has 1 saturated carbocycles. The Morgan fingerprint density at radius 3 is 2.47 bits per heavy atom. The summed E-state index contributed by atoms with van der Waals surface area (Å²) in [7, 11) is 5.13. The Bertz CT molecular complexity index is 1160. The van der Waals surface area contributed by atoms with Gasteiger partial charge in [0.15, 0.2) is 0 Å². The van der Waals surface area contributed by atoms with Crippen molar-refractivity contribution in [2.24, 2.45) is 0 Å². The first kappa shape index (κ1) is 21.9. The fourth-order valence-corrected chi connectivity index (χ4v) is 4.89. The predicted molar refractivity (Wildman–Crippen MR) is 125 cm³/mol. The second kappa shape index (κ2) is 9.07. The van der Waals surface area contributed by atoms with Gasteiger partial charge in [0.1, 0.15) is 12.3 Å². The van der Waals surface area contributed by atoms with Gasteiger partial charge in [-0.3, -0.25) is 4.79 Å². The van der Waals surface area contributed by atoms with Gasteiger partial charge < -0.3 is 19.3 Å². The highest BCUT2D eigenvalue weighted by Crippen LogP contribution is 2.46. The number of para-hydroxylation sites is 1. The number of aromatic nitrogens is 1.